The molecule has 0 saturated carbocycles. The van der Waals surface area contributed by atoms with Crippen molar-refractivity contribution in [3.63, 3.8) is 0 Å². The minimum absolute atomic E-state index is 0.00634. The van der Waals surface area contributed by atoms with Gasteiger partial charge >= 0.3 is 0 Å². The summed E-state index contributed by atoms with van der Waals surface area (Å²) >= 11 is 0. The van der Waals surface area contributed by atoms with Gasteiger partial charge in [0.25, 0.3) is 0 Å². The van der Waals surface area contributed by atoms with Gasteiger partial charge in [-0.1, -0.05) is 72.8 Å². The Morgan fingerprint density at radius 2 is 1.26 bits per heavy atom. The average Bonchev–Trinajstić information content (AvgIpc) is 3.36. The summed E-state index contributed by atoms with van der Waals surface area (Å²) in [6, 6.07) is 32.6. The first-order chi connectivity index (χ1) is 18.5. The van der Waals surface area contributed by atoms with E-state index >= 15 is 0 Å². The molecule has 0 aromatic heterocycles. The predicted octanol–water partition coefficient (Wildman–Crippen LogP) is 6.43. The second-order valence-corrected chi connectivity index (χ2v) is 9.86. The average molecular weight is 508 g/mol. The molecule has 4 aromatic carbocycles. The van der Waals surface area contributed by atoms with Crippen LogP contribution in [0.1, 0.15) is 23.1 Å². The maximum atomic E-state index is 13.5. The molecule has 1 fully saturated rings. The van der Waals surface area contributed by atoms with Crippen LogP contribution in [0.15, 0.2) is 109 Å². The van der Waals surface area contributed by atoms with Gasteiger partial charge in [0.05, 0.1) is 12.5 Å². The second-order valence-electron chi connectivity index (χ2n) is 9.86. The van der Waals surface area contributed by atoms with Gasteiger partial charge in [0.2, 0.25) is 5.91 Å². The number of amides is 1. The molecular formula is C33H30FNO3. The first-order valence-electron chi connectivity index (χ1n) is 13.0. The summed E-state index contributed by atoms with van der Waals surface area (Å²) in [7, 11) is 0. The number of hydrogen-bond donors (Lipinski definition) is 0. The van der Waals surface area contributed by atoms with Crippen LogP contribution in [0.3, 0.4) is 0 Å². The molecule has 1 amide bonds. The molecule has 1 heterocycles. The summed E-state index contributed by atoms with van der Waals surface area (Å²) in [5, 5.41) is 0. The lowest BCUT2D eigenvalue weighted by Gasteiger charge is -2.24. The Balaban J connectivity index is 1.27. The molecule has 0 aliphatic carbocycles. The number of carbonyl (C=O) groups is 2. The summed E-state index contributed by atoms with van der Waals surface area (Å²) in [5.41, 5.74) is 3.04. The first kappa shape index (κ1) is 25.4. The number of benzene rings is 4. The zero-order chi connectivity index (χ0) is 26.3. The smallest absolute Gasteiger partial charge is 0.227 e. The molecule has 5 rings (SSSR count). The molecule has 1 aliphatic rings. The number of rotatable bonds is 9. The van der Waals surface area contributed by atoms with Crippen LogP contribution in [0.2, 0.25) is 0 Å². The molecule has 0 bridgehead atoms. The fourth-order valence-electron chi connectivity index (χ4n) is 5.10. The van der Waals surface area contributed by atoms with Crippen molar-refractivity contribution < 1.29 is 18.7 Å². The zero-order valence-corrected chi connectivity index (χ0v) is 21.1. The van der Waals surface area contributed by atoms with Crippen molar-refractivity contribution in [1.29, 1.82) is 0 Å². The molecule has 5 heteroatoms. The summed E-state index contributed by atoms with van der Waals surface area (Å²) in [4.78, 5) is 28.7. The molecule has 0 spiro atoms. The van der Waals surface area contributed by atoms with E-state index in [1.54, 1.807) is 29.2 Å². The van der Waals surface area contributed by atoms with E-state index in [1.807, 2.05) is 60.7 Å². The number of carbonyl (C=O) groups excluding carboxylic acids is 2. The fraction of sp³-hybridized carbons (Fsp3) is 0.212. The summed E-state index contributed by atoms with van der Waals surface area (Å²) in [5.74, 6) is 1.11. The van der Waals surface area contributed by atoms with E-state index in [4.69, 9.17) is 4.74 Å². The molecule has 0 unspecified atom stereocenters. The standard InChI is InChI=1S/C33H30FNO3/c34-28-13-17-30(18-14-28)38-29-15-11-26(12-16-29)21-32(36)31-20-27(19-24-7-3-1-4-8-24)23-35(31)33(37)22-25-9-5-2-6-10-25/h1-18,27,31H,19-23H2/t27-,31+/m1/s1. The van der Waals surface area contributed by atoms with Gasteiger partial charge in [-0.05, 0) is 71.8 Å². The lowest BCUT2D eigenvalue weighted by atomic mass is 9.94. The molecule has 2 atom stereocenters. The van der Waals surface area contributed by atoms with Gasteiger partial charge in [-0.3, -0.25) is 9.59 Å². The maximum absolute atomic E-state index is 13.5. The van der Waals surface area contributed by atoms with Gasteiger partial charge in [0.15, 0.2) is 5.78 Å². The summed E-state index contributed by atoms with van der Waals surface area (Å²) in [6.07, 6.45) is 2.04. The van der Waals surface area contributed by atoms with Crippen LogP contribution in [0, 0.1) is 11.7 Å². The number of ether oxygens (including phenoxy) is 1. The van der Waals surface area contributed by atoms with Crippen LogP contribution in [0.4, 0.5) is 4.39 Å². The minimum atomic E-state index is -0.435. The van der Waals surface area contributed by atoms with E-state index in [2.05, 4.69) is 12.1 Å². The predicted molar refractivity (Wildman–Crippen MR) is 146 cm³/mol. The van der Waals surface area contributed by atoms with Crippen molar-refractivity contribution in [2.45, 2.75) is 31.7 Å². The number of nitrogens with zero attached hydrogens (tertiary/aromatic N) is 1. The molecule has 1 saturated heterocycles. The SMILES string of the molecule is O=C(Cc1ccc(Oc2ccc(F)cc2)cc1)[C@@H]1C[C@@H](Cc2ccccc2)CN1C(=O)Cc1ccccc1. The van der Waals surface area contributed by atoms with E-state index in [-0.39, 0.29) is 36.3 Å². The highest BCUT2D eigenvalue weighted by molar-refractivity contribution is 5.91. The van der Waals surface area contributed by atoms with E-state index in [1.165, 1.54) is 17.7 Å². The highest BCUT2D eigenvalue weighted by Crippen LogP contribution is 2.29. The summed E-state index contributed by atoms with van der Waals surface area (Å²) < 4.78 is 18.9. The number of ketones is 1. The van der Waals surface area contributed by atoms with Crippen LogP contribution >= 0.6 is 0 Å². The maximum Gasteiger partial charge on any atom is 0.227 e. The molecule has 4 aromatic rings. The highest BCUT2D eigenvalue weighted by Gasteiger charge is 2.38. The molecule has 38 heavy (non-hydrogen) atoms. The van der Waals surface area contributed by atoms with Crippen molar-refractivity contribution in [1.82, 2.24) is 4.90 Å². The number of halogens is 1. The van der Waals surface area contributed by atoms with Crippen LogP contribution < -0.4 is 4.74 Å². The first-order valence-corrected chi connectivity index (χ1v) is 13.0. The lowest BCUT2D eigenvalue weighted by Crippen LogP contribution is -2.42. The van der Waals surface area contributed by atoms with E-state index in [0.717, 1.165) is 17.5 Å². The van der Waals surface area contributed by atoms with Crippen molar-refractivity contribution in [2.24, 2.45) is 5.92 Å². The van der Waals surface area contributed by atoms with Gasteiger partial charge in [-0.15, -0.1) is 0 Å². The monoisotopic (exact) mass is 507 g/mol. The van der Waals surface area contributed by atoms with Crippen LogP contribution in [-0.2, 0) is 28.9 Å². The Labute approximate surface area is 222 Å². The third-order valence-corrected chi connectivity index (χ3v) is 7.00. The molecule has 1 aliphatic heterocycles. The number of hydrogen-bond acceptors (Lipinski definition) is 3. The van der Waals surface area contributed by atoms with Gasteiger partial charge < -0.3 is 9.64 Å². The van der Waals surface area contributed by atoms with Gasteiger partial charge in [0, 0.05) is 13.0 Å². The Hall–Kier alpha value is -4.25. The third-order valence-electron chi connectivity index (χ3n) is 7.00. The highest BCUT2D eigenvalue weighted by atomic mass is 19.1. The molecule has 192 valence electrons. The molecule has 4 nitrogen and oxygen atoms in total. The van der Waals surface area contributed by atoms with Crippen LogP contribution in [-0.4, -0.2) is 29.2 Å². The van der Waals surface area contributed by atoms with E-state index in [9.17, 15) is 14.0 Å². The molecular weight excluding hydrogens is 477 g/mol. The van der Waals surface area contributed by atoms with Crippen LogP contribution in [0.5, 0.6) is 11.5 Å². The van der Waals surface area contributed by atoms with Crippen LogP contribution in [0.25, 0.3) is 0 Å². The largest absolute Gasteiger partial charge is 0.457 e. The van der Waals surface area contributed by atoms with Crippen molar-refractivity contribution in [3.8, 4) is 11.5 Å². The quantitative estimate of drug-likeness (QED) is 0.262. The zero-order valence-electron chi connectivity index (χ0n) is 21.1. The topological polar surface area (TPSA) is 46.6 Å². The van der Waals surface area contributed by atoms with Crippen molar-refractivity contribution >= 4 is 11.7 Å². The number of likely N-dealkylation sites (tertiary alicyclic amines) is 1. The Morgan fingerprint density at radius 1 is 0.711 bits per heavy atom. The molecule has 0 N–H and O–H groups in total. The van der Waals surface area contributed by atoms with Crippen molar-refractivity contribution in [2.75, 3.05) is 6.54 Å². The Bertz CT molecular complexity index is 1360. The Kier molecular flexibility index (Phi) is 7.93. The fourth-order valence-corrected chi connectivity index (χ4v) is 5.10. The normalized spacial score (nSPS) is 16.8. The van der Waals surface area contributed by atoms with Gasteiger partial charge in [-0.25, -0.2) is 4.39 Å². The van der Waals surface area contributed by atoms with Crippen molar-refractivity contribution in [3.05, 3.63) is 132 Å². The number of Topliss-reactive ketones (excluding diaryl/α,β-unsaturated/α-hetero) is 1. The lowest BCUT2D eigenvalue weighted by molar-refractivity contribution is -0.136. The minimum Gasteiger partial charge on any atom is -0.457 e. The van der Waals surface area contributed by atoms with E-state index in [0.29, 0.717) is 24.5 Å². The molecule has 0 radical (unpaired) electrons. The van der Waals surface area contributed by atoms with Gasteiger partial charge in [0.1, 0.15) is 17.3 Å². The summed E-state index contributed by atoms with van der Waals surface area (Å²) in [6.45, 7) is 0.585. The van der Waals surface area contributed by atoms with E-state index < -0.39 is 6.04 Å². The van der Waals surface area contributed by atoms with Gasteiger partial charge in [-0.2, -0.15) is 0 Å². The Morgan fingerprint density at radius 3 is 1.89 bits per heavy atom. The third kappa shape index (κ3) is 6.54. The second kappa shape index (κ2) is 11.9.